The third-order valence-corrected chi connectivity index (χ3v) is 7.31. The van der Waals surface area contributed by atoms with E-state index in [4.69, 9.17) is 9.84 Å². The standard InChI is InChI=1S/C29H41FN4O3/c1-28(2,3)33-15-14-23(32-33)22-17-24(26(35)31-18-19-10-7-8-11-19)34(27(36)37-29(4,5)6)25(22)20-12-9-13-21(30)16-20/h9,12-16,19,22,24-25H,7-8,10-11,17-18H2,1-6H3,(H,31,35)/t22-,24+,25+/m1/s1. The summed E-state index contributed by atoms with van der Waals surface area (Å²) in [6.07, 6.45) is 6.31. The van der Waals surface area contributed by atoms with Gasteiger partial charge in [-0.2, -0.15) is 5.10 Å². The third kappa shape index (κ3) is 6.33. The summed E-state index contributed by atoms with van der Waals surface area (Å²) in [5, 5.41) is 7.96. The Kier molecular flexibility index (Phi) is 7.67. The van der Waals surface area contributed by atoms with Gasteiger partial charge in [0.1, 0.15) is 17.5 Å². The molecule has 1 saturated carbocycles. The minimum Gasteiger partial charge on any atom is -0.444 e. The van der Waals surface area contributed by atoms with E-state index in [1.165, 1.54) is 29.9 Å². The molecular formula is C29H41FN4O3. The van der Waals surface area contributed by atoms with Crippen molar-refractivity contribution in [2.24, 2.45) is 5.92 Å². The Bertz CT molecular complexity index is 1110. The van der Waals surface area contributed by atoms with Gasteiger partial charge in [0.15, 0.2) is 0 Å². The van der Waals surface area contributed by atoms with Crippen molar-refractivity contribution >= 4 is 12.0 Å². The van der Waals surface area contributed by atoms with Gasteiger partial charge in [-0.15, -0.1) is 0 Å². The number of ether oxygens (including phenoxy) is 1. The van der Waals surface area contributed by atoms with Gasteiger partial charge in [0.2, 0.25) is 5.91 Å². The zero-order valence-corrected chi connectivity index (χ0v) is 23.0. The zero-order chi connectivity index (χ0) is 27.0. The van der Waals surface area contributed by atoms with Gasteiger partial charge >= 0.3 is 6.09 Å². The summed E-state index contributed by atoms with van der Waals surface area (Å²) in [6, 6.07) is 6.84. The molecule has 0 unspecified atom stereocenters. The fourth-order valence-electron chi connectivity index (χ4n) is 5.51. The summed E-state index contributed by atoms with van der Waals surface area (Å²) < 4.78 is 22.1. The van der Waals surface area contributed by atoms with Crippen molar-refractivity contribution in [2.75, 3.05) is 6.54 Å². The van der Waals surface area contributed by atoms with E-state index in [1.54, 1.807) is 32.9 Å². The highest BCUT2D eigenvalue weighted by molar-refractivity contribution is 5.87. The molecule has 2 aromatic rings. The van der Waals surface area contributed by atoms with Crippen molar-refractivity contribution in [3.63, 3.8) is 0 Å². The number of nitrogens with one attached hydrogen (secondary N) is 1. The smallest absolute Gasteiger partial charge is 0.411 e. The second-order valence-electron chi connectivity index (χ2n) is 12.5. The first-order chi connectivity index (χ1) is 17.3. The lowest BCUT2D eigenvalue weighted by Crippen LogP contribution is -2.49. The van der Waals surface area contributed by atoms with Crippen LogP contribution < -0.4 is 5.32 Å². The topological polar surface area (TPSA) is 76.5 Å². The molecule has 1 saturated heterocycles. The molecule has 1 aliphatic carbocycles. The average molecular weight is 513 g/mol. The first-order valence-electron chi connectivity index (χ1n) is 13.4. The summed E-state index contributed by atoms with van der Waals surface area (Å²) in [6.45, 7) is 12.2. The molecule has 2 aliphatic rings. The first kappa shape index (κ1) is 27.1. The lowest BCUT2D eigenvalue weighted by Gasteiger charge is -2.33. The number of aromatic nitrogens is 2. The third-order valence-electron chi connectivity index (χ3n) is 7.31. The molecule has 4 rings (SSSR count). The second kappa shape index (κ2) is 10.5. The average Bonchev–Trinajstić information content (AvgIpc) is 3.55. The molecule has 3 atom stereocenters. The number of hydrogen-bond donors (Lipinski definition) is 1. The number of benzene rings is 1. The van der Waals surface area contributed by atoms with E-state index < -0.39 is 29.6 Å². The number of amides is 2. The van der Waals surface area contributed by atoms with Gasteiger partial charge in [-0.25, -0.2) is 9.18 Å². The van der Waals surface area contributed by atoms with Crippen molar-refractivity contribution < 1.29 is 18.7 Å². The maximum Gasteiger partial charge on any atom is 0.411 e. The van der Waals surface area contributed by atoms with Crippen LogP contribution in [0.2, 0.25) is 0 Å². The number of nitrogens with zero attached hydrogens (tertiary/aromatic N) is 3. The highest BCUT2D eigenvalue weighted by Crippen LogP contribution is 2.47. The molecule has 1 aromatic heterocycles. The lowest BCUT2D eigenvalue weighted by atomic mass is 9.90. The van der Waals surface area contributed by atoms with Crippen LogP contribution in [-0.4, -0.2) is 44.9 Å². The van der Waals surface area contributed by atoms with Crippen molar-refractivity contribution in [1.29, 1.82) is 0 Å². The predicted molar refractivity (Wildman–Crippen MR) is 141 cm³/mol. The van der Waals surface area contributed by atoms with E-state index in [0.717, 1.165) is 18.5 Å². The van der Waals surface area contributed by atoms with Crippen LogP contribution in [0, 0.1) is 11.7 Å². The maximum atomic E-state index is 14.4. The highest BCUT2D eigenvalue weighted by atomic mass is 19.1. The molecular weight excluding hydrogens is 471 g/mol. The quantitative estimate of drug-likeness (QED) is 0.540. The van der Waals surface area contributed by atoms with Crippen molar-refractivity contribution in [3.8, 4) is 0 Å². The Morgan fingerprint density at radius 1 is 1.11 bits per heavy atom. The van der Waals surface area contributed by atoms with E-state index in [1.807, 2.05) is 16.9 Å². The Morgan fingerprint density at radius 3 is 2.41 bits per heavy atom. The molecule has 202 valence electrons. The van der Waals surface area contributed by atoms with Crippen LogP contribution in [-0.2, 0) is 15.1 Å². The fourth-order valence-corrected chi connectivity index (χ4v) is 5.51. The summed E-state index contributed by atoms with van der Waals surface area (Å²) >= 11 is 0. The lowest BCUT2D eigenvalue weighted by molar-refractivity contribution is -0.126. The van der Waals surface area contributed by atoms with E-state index in [2.05, 4.69) is 26.1 Å². The number of hydrogen-bond acceptors (Lipinski definition) is 4. The van der Waals surface area contributed by atoms with Gasteiger partial charge in [0.25, 0.3) is 0 Å². The minimum atomic E-state index is -0.755. The molecule has 1 N–H and O–H groups in total. The Balaban J connectivity index is 1.74. The molecule has 8 heteroatoms. The maximum absolute atomic E-state index is 14.4. The monoisotopic (exact) mass is 512 g/mol. The number of halogens is 1. The molecule has 0 bridgehead atoms. The van der Waals surface area contributed by atoms with Crippen molar-refractivity contribution in [3.05, 3.63) is 53.6 Å². The number of carbonyl (C=O) groups is 2. The number of likely N-dealkylation sites (tertiary alicyclic amines) is 1. The molecule has 2 heterocycles. The number of carbonyl (C=O) groups excluding carboxylic acids is 2. The van der Waals surface area contributed by atoms with Crippen LogP contribution in [0.1, 0.15) is 96.9 Å². The van der Waals surface area contributed by atoms with E-state index in [-0.39, 0.29) is 17.4 Å². The Morgan fingerprint density at radius 2 is 1.81 bits per heavy atom. The largest absolute Gasteiger partial charge is 0.444 e. The van der Waals surface area contributed by atoms with Crippen molar-refractivity contribution in [1.82, 2.24) is 20.0 Å². The number of rotatable bonds is 5. The molecule has 2 fully saturated rings. The van der Waals surface area contributed by atoms with Gasteiger partial charge in [0.05, 0.1) is 17.3 Å². The van der Waals surface area contributed by atoms with Gasteiger partial charge in [0, 0.05) is 18.7 Å². The molecule has 1 aromatic carbocycles. The van der Waals surface area contributed by atoms with Crippen LogP contribution in [0.4, 0.5) is 9.18 Å². The van der Waals surface area contributed by atoms with Crippen LogP contribution >= 0.6 is 0 Å². The van der Waals surface area contributed by atoms with Crippen LogP contribution in [0.5, 0.6) is 0 Å². The van der Waals surface area contributed by atoms with E-state index in [9.17, 15) is 14.0 Å². The Labute approximate surface area is 219 Å². The van der Waals surface area contributed by atoms with Crippen LogP contribution in [0.3, 0.4) is 0 Å². The minimum absolute atomic E-state index is 0.197. The SMILES string of the molecule is CC(C)(C)OC(=O)N1[C@H](C(=O)NCC2CCCC2)C[C@H](c2ccn(C(C)(C)C)n2)[C@@H]1c1cccc(F)c1. The predicted octanol–water partition coefficient (Wildman–Crippen LogP) is 5.92. The second-order valence-corrected chi connectivity index (χ2v) is 12.5. The molecule has 37 heavy (non-hydrogen) atoms. The van der Waals surface area contributed by atoms with E-state index >= 15 is 0 Å². The van der Waals surface area contributed by atoms with Gasteiger partial charge in [-0.05, 0) is 90.5 Å². The van der Waals surface area contributed by atoms with Crippen molar-refractivity contribution in [2.45, 2.75) is 103 Å². The van der Waals surface area contributed by atoms with Gasteiger partial charge < -0.3 is 10.1 Å². The molecule has 1 aliphatic heterocycles. The molecule has 7 nitrogen and oxygen atoms in total. The molecule has 0 radical (unpaired) electrons. The van der Waals surface area contributed by atoms with Gasteiger partial charge in [-0.1, -0.05) is 25.0 Å². The molecule has 2 amide bonds. The fraction of sp³-hybridized carbons (Fsp3) is 0.621. The Hall–Kier alpha value is -2.90. The van der Waals surface area contributed by atoms with Crippen LogP contribution in [0.15, 0.2) is 36.5 Å². The first-order valence-corrected chi connectivity index (χ1v) is 13.4. The molecule has 0 spiro atoms. The van der Waals surface area contributed by atoms with Crippen LogP contribution in [0.25, 0.3) is 0 Å². The summed E-state index contributed by atoms with van der Waals surface area (Å²) in [5.74, 6) is -0.426. The highest BCUT2D eigenvalue weighted by Gasteiger charge is 2.50. The summed E-state index contributed by atoms with van der Waals surface area (Å²) in [7, 11) is 0. The van der Waals surface area contributed by atoms with Gasteiger partial charge in [-0.3, -0.25) is 14.4 Å². The normalized spacial score (nSPS) is 22.9. The van der Waals surface area contributed by atoms with E-state index in [0.29, 0.717) is 24.4 Å². The zero-order valence-electron chi connectivity index (χ0n) is 23.0. The summed E-state index contributed by atoms with van der Waals surface area (Å²) in [5.41, 5.74) is 0.408. The summed E-state index contributed by atoms with van der Waals surface area (Å²) in [4.78, 5) is 28.8.